The Morgan fingerprint density at radius 2 is 1.86 bits per heavy atom. The molecule has 6 heteroatoms. The third-order valence-electron chi connectivity index (χ3n) is 4.79. The SMILES string of the molecule is CSc1ccc(C[NH+](C)Cc2csc(N(C(C)=O)c3ccc(C)cc3C)n2)cc1. The van der Waals surface area contributed by atoms with Crippen molar-refractivity contribution in [2.45, 2.75) is 38.8 Å². The molecule has 0 bridgehead atoms. The molecular weight excluding hydrogens is 398 g/mol. The molecule has 0 saturated carbocycles. The molecule has 3 rings (SSSR count). The second-order valence-corrected chi connectivity index (χ2v) is 9.14. The van der Waals surface area contributed by atoms with E-state index in [0.717, 1.165) is 35.2 Å². The Balaban J connectivity index is 1.73. The lowest BCUT2D eigenvalue weighted by Gasteiger charge is -2.20. The minimum atomic E-state index is -0.0209. The molecule has 0 aliphatic carbocycles. The zero-order valence-corrected chi connectivity index (χ0v) is 19.3. The molecule has 0 saturated heterocycles. The first-order chi connectivity index (χ1) is 13.9. The highest BCUT2D eigenvalue weighted by atomic mass is 32.2. The molecule has 0 spiro atoms. The van der Waals surface area contributed by atoms with E-state index in [0.29, 0.717) is 0 Å². The highest BCUT2D eigenvalue weighted by Gasteiger charge is 2.20. The quantitative estimate of drug-likeness (QED) is 0.570. The first kappa shape index (κ1) is 21.6. The van der Waals surface area contributed by atoms with Crippen LogP contribution in [0.25, 0.3) is 0 Å². The van der Waals surface area contributed by atoms with Gasteiger partial charge in [-0.2, -0.15) is 0 Å². The summed E-state index contributed by atoms with van der Waals surface area (Å²) >= 11 is 3.28. The number of nitrogens with zero attached hydrogens (tertiary/aromatic N) is 2. The number of aromatic nitrogens is 1. The number of hydrogen-bond acceptors (Lipinski definition) is 4. The van der Waals surface area contributed by atoms with E-state index in [1.165, 1.54) is 32.3 Å². The lowest BCUT2D eigenvalue weighted by molar-refractivity contribution is -0.908. The van der Waals surface area contributed by atoms with Gasteiger partial charge in [0.15, 0.2) is 5.13 Å². The van der Waals surface area contributed by atoms with Crippen molar-refractivity contribution in [1.82, 2.24) is 4.98 Å². The largest absolute Gasteiger partial charge is 0.329 e. The Hall–Kier alpha value is -2.15. The van der Waals surface area contributed by atoms with E-state index in [-0.39, 0.29) is 5.91 Å². The standard InChI is InChI=1S/C23H27N3OS2/c1-16-6-11-22(17(2)12-16)26(18(3)27)23-24-20(15-29-23)14-25(4)13-19-7-9-21(28-5)10-8-19/h6-12,15H,13-14H2,1-5H3/p+1. The number of carbonyl (C=O) groups is 1. The number of carbonyl (C=O) groups excluding carboxylic acids is 1. The molecule has 1 aromatic heterocycles. The first-order valence-corrected chi connectivity index (χ1v) is 11.7. The lowest BCUT2D eigenvalue weighted by atomic mass is 10.1. The number of rotatable bonds is 7. The molecule has 0 fully saturated rings. The van der Waals surface area contributed by atoms with Crippen LogP contribution in [-0.4, -0.2) is 24.2 Å². The van der Waals surface area contributed by atoms with Gasteiger partial charge in [-0.1, -0.05) is 29.8 Å². The van der Waals surface area contributed by atoms with Gasteiger partial charge in [0.1, 0.15) is 18.8 Å². The molecule has 29 heavy (non-hydrogen) atoms. The Labute approximate surface area is 181 Å². The summed E-state index contributed by atoms with van der Waals surface area (Å²) in [6, 6.07) is 14.9. The number of nitrogens with one attached hydrogen (secondary N) is 1. The van der Waals surface area contributed by atoms with E-state index in [1.54, 1.807) is 23.6 Å². The van der Waals surface area contributed by atoms with Gasteiger partial charge in [-0.3, -0.25) is 9.69 Å². The number of amides is 1. The van der Waals surface area contributed by atoms with Crippen LogP contribution in [0.5, 0.6) is 0 Å². The number of hydrogen-bond donors (Lipinski definition) is 1. The topological polar surface area (TPSA) is 37.6 Å². The summed E-state index contributed by atoms with van der Waals surface area (Å²) < 4.78 is 0. The van der Waals surface area contributed by atoms with Crippen molar-refractivity contribution in [2.24, 2.45) is 0 Å². The number of aryl methyl sites for hydroxylation is 2. The fourth-order valence-corrected chi connectivity index (χ4v) is 4.70. The molecule has 1 unspecified atom stereocenters. The second kappa shape index (κ2) is 9.57. The van der Waals surface area contributed by atoms with E-state index in [9.17, 15) is 4.79 Å². The third-order valence-corrected chi connectivity index (χ3v) is 6.41. The van der Waals surface area contributed by atoms with Crippen molar-refractivity contribution in [1.29, 1.82) is 0 Å². The number of anilines is 2. The Morgan fingerprint density at radius 1 is 1.14 bits per heavy atom. The van der Waals surface area contributed by atoms with Crippen LogP contribution >= 0.6 is 23.1 Å². The van der Waals surface area contributed by atoms with Crippen LogP contribution in [0.4, 0.5) is 10.8 Å². The van der Waals surface area contributed by atoms with Gasteiger partial charge in [0, 0.05) is 22.8 Å². The van der Waals surface area contributed by atoms with Crippen LogP contribution in [-0.2, 0) is 17.9 Å². The summed E-state index contributed by atoms with van der Waals surface area (Å²) in [5.41, 5.74) is 5.49. The van der Waals surface area contributed by atoms with Crippen LogP contribution in [0, 0.1) is 13.8 Å². The van der Waals surface area contributed by atoms with Gasteiger partial charge in [-0.15, -0.1) is 23.1 Å². The van der Waals surface area contributed by atoms with E-state index in [1.807, 2.05) is 19.1 Å². The molecule has 0 aliphatic rings. The Bertz CT molecular complexity index is 982. The zero-order valence-electron chi connectivity index (χ0n) is 17.7. The summed E-state index contributed by atoms with van der Waals surface area (Å²) in [7, 11) is 2.17. The maximum Gasteiger partial charge on any atom is 0.230 e. The van der Waals surface area contributed by atoms with Crippen LogP contribution < -0.4 is 9.80 Å². The molecular formula is C23H28N3OS2+. The minimum absolute atomic E-state index is 0.0209. The van der Waals surface area contributed by atoms with Gasteiger partial charge >= 0.3 is 0 Å². The van der Waals surface area contributed by atoms with Crippen molar-refractivity contribution in [2.75, 3.05) is 18.2 Å². The van der Waals surface area contributed by atoms with Gasteiger partial charge < -0.3 is 4.90 Å². The predicted molar refractivity (Wildman–Crippen MR) is 123 cm³/mol. The van der Waals surface area contributed by atoms with Crippen molar-refractivity contribution >= 4 is 39.8 Å². The number of benzene rings is 2. The van der Waals surface area contributed by atoms with Crippen molar-refractivity contribution < 1.29 is 9.69 Å². The van der Waals surface area contributed by atoms with Crippen LogP contribution in [0.15, 0.2) is 52.7 Å². The summed E-state index contributed by atoms with van der Waals surface area (Å²) in [6.45, 7) is 7.45. The normalized spacial score (nSPS) is 12.0. The average Bonchev–Trinajstić information content (AvgIpc) is 3.11. The van der Waals surface area contributed by atoms with Gasteiger partial charge in [0.2, 0.25) is 5.91 Å². The highest BCUT2D eigenvalue weighted by Crippen LogP contribution is 2.31. The monoisotopic (exact) mass is 426 g/mol. The first-order valence-electron chi connectivity index (χ1n) is 9.64. The van der Waals surface area contributed by atoms with Gasteiger partial charge in [-0.05, 0) is 43.9 Å². The molecule has 1 atom stereocenters. The highest BCUT2D eigenvalue weighted by molar-refractivity contribution is 7.98. The zero-order chi connectivity index (χ0) is 21.0. The van der Waals surface area contributed by atoms with Crippen molar-refractivity contribution in [3.8, 4) is 0 Å². The van der Waals surface area contributed by atoms with E-state index in [4.69, 9.17) is 4.98 Å². The predicted octanol–water partition coefficient (Wildman–Crippen LogP) is 4.38. The average molecular weight is 427 g/mol. The molecule has 0 aliphatic heterocycles. The molecule has 1 amide bonds. The summed E-state index contributed by atoms with van der Waals surface area (Å²) in [4.78, 5) is 21.5. The number of thioether (sulfide) groups is 1. The molecule has 0 radical (unpaired) electrons. The van der Waals surface area contributed by atoms with Crippen LogP contribution in [0.2, 0.25) is 0 Å². The second-order valence-electron chi connectivity index (χ2n) is 7.42. The molecule has 152 valence electrons. The Kier molecular flexibility index (Phi) is 7.11. The molecule has 1 N–H and O–H groups in total. The number of quaternary nitrogens is 1. The third kappa shape index (κ3) is 5.47. The van der Waals surface area contributed by atoms with Crippen molar-refractivity contribution in [3.05, 3.63) is 70.2 Å². The lowest BCUT2D eigenvalue weighted by Crippen LogP contribution is -3.06. The van der Waals surface area contributed by atoms with E-state index >= 15 is 0 Å². The van der Waals surface area contributed by atoms with E-state index in [2.05, 4.69) is 55.9 Å². The molecule has 2 aromatic carbocycles. The van der Waals surface area contributed by atoms with Crippen LogP contribution in [0.1, 0.15) is 29.3 Å². The number of thiazole rings is 1. The molecule has 1 heterocycles. The van der Waals surface area contributed by atoms with E-state index < -0.39 is 0 Å². The fraction of sp³-hybridized carbons (Fsp3) is 0.304. The smallest absolute Gasteiger partial charge is 0.230 e. The fourth-order valence-electron chi connectivity index (χ4n) is 3.41. The summed E-state index contributed by atoms with van der Waals surface area (Å²) in [6.07, 6.45) is 2.09. The van der Waals surface area contributed by atoms with Crippen molar-refractivity contribution in [3.63, 3.8) is 0 Å². The minimum Gasteiger partial charge on any atom is -0.329 e. The maximum absolute atomic E-state index is 12.4. The van der Waals surface area contributed by atoms with Gasteiger partial charge in [-0.25, -0.2) is 4.98 Å². The molecule has 3 aromatic rings. The maximum atomic E-state index is 12.4. The molecule has 4 nitrogen and oxygen atoms in total. The van der Waals surface area contributed by atoms with Gasteiger partial charge in [0.25, 0.3) is 0 Å². The summed E-state index contributed by atoms with van der Waals surface area (Å²) in [5, 5.41) is 2.80. The van der Waals surface area contributed by atoms with Crippen LogP contribution in [0.3, 0.4) is 0 Å². The van der Waals surface area contributed by atoms with Gasteiger partial charge in [0.05, 0.1) is 12.7 Å². The summed E-state index contributed by atoms with van der Waals surface area (Å²) in [5.74, 6) is -0.0209. The Morgan fingerprint density at radius 3 is 2.48 bits per heavy atom.